The Bertz CT molecular complexity index is 395. The third-order valence-corrected chi connectivity index (χ3v) is 5.24. The van der Waals surface area contributed by atoms with E-state index in [9.17, 15) is 0 Å². The second-order valence-corrected chi connectivity index (χ2v) is 6.58. The minimum atomic E-state index is 0.410. The number of hydrogen-bond donors (Lipinski definition) is 1. The Morgan fingerprint density at radius 3 is 2.90 bits per heavy atom. The van der Waals surface area contributed by atoms with Gasteiger partial charge in [-0.05, 0) is 31.4 Å². The van der Waals surface area contributed by atoms with E-state index >= 15 is 0 Å². The Balaban J connectivity index is 1.62. The largest absolute Gasteiger partial charge is 0.469 e. The molecule has 2 heterocycles. The van der Waals surface area contributed by atoms with Crippen LogP contribution in [0.25, 0.3) is 0 Å². The summed E-state index contributed by atoms with van der Waals surface area (Å²) in [5.41, 5.74) is 0.410. The molecule has 1 saturated carbocycles. The van der Waals surface area contributed by atoms with Gasteiger partial charge < -0.3 is 9.73 Å². The van der Waals surface area contributed by atoms with Crippen molar-refractivity contribution in [1.82, 2.24) is 10.2 Å². The van der Waals surface area contributed by atoms with Gasteiger partial charge in [0.25, 0.3) is 0 Å². The second-order valence-electron chi connectivity index (χ2n) is 6.58. The number of nitrogens with one attached hydrogen (secondary N) is 1. The topological polar surface area (TPSA) is 28.4 Å². The number of piperazine rings is 1. The third-order valence-electron chi connectivity index (χ3n) is 5.24. The predicted octanol–water partition coefficient (Wildman–Crippen LogP) is 3.21. The van der Waals surface area contributed by atoms with Gasteiger partial charge in [0.15, 0.2) is 0 Å². The Labute approximate surface area is 122 Å². The van der Waals surface area contributed by atoms with Crippen molar-refractivity contribution in [1.29, 1.82) is 0 Å². The maximum absolute atomic E-state index is 5.49. The molecule has 0 amide bonds. The minimum Gasteiger partial charge on any atom is -0.469 e. The molecule has 3 heteroatoms. The molecule has 1 unspecified atom stereocenters. The van der Waals surface area contributed by atoms with Gasteiger partial charge in [-0.15, -0.1) is 0 Å². The minimum absolute atomic E-state index is 0.410. The Kier molecular flexibility index (Phi) is 4.47. The summed E-state index contributed by atoms with van der Waals surface area (Å²) in [6.45, 7) is 5.83. The molecule has 2 aliphatic rings. The number of rotatable bonds is 4. The lowest BCUT2D eigenvalue weighted by Gasteiger charge is -2.49. The normalized spacial score (nSPS) is 26.9. The maximum Gasteiger partial charge on any atom is 0.105 e. The molecule has 1 N–H and O–H groups in total. The number of hydrogen-bond acceptors (Lipinski definition) is 3. The average Bonchev–Trinajstić information content (AvgIpc) is 2.99. The molecule has 1 saturated heterocycles. The summed E-state index contributed by atoms with van der Waals surface area (Å²) in [4.78, 5) is 2.71. The fraction of sp³-hybridized carbons (Fsp3) is 0.765. The van der Waals surface area contributed by atoms with Crippen molar-refractivity contribution in [3.63, 3.8) is 0 Å². The van der Waals surface area contributed by atoms with E-state index in [2.05, 4.69) is 23.2 Å². The first-order valence-electron chi connectivity index (χ1n) is 8.33. The van der Waals surface area contributed by atoms with Crippen LogP contribution in [-0.2, 0) is 6.42 Å². The number of furan rings is 1. The summed E-state index contributed by atoms with van der Waals surface area (Å²) in [5.74, 6) is 1.12. The summed E-state index contributed by atoms with van der Waals surface area (Å²) < 4.78 is 5.49. The summed E-state index contributed by atoms with van der Waals surface area (Å²) >= 11 is 0. The van der Waals surface area contributed by atoms with Crippen molar-refractivity contribution < 1.29 is 4.42 Å². The molecule has 1 aromatic rings. The molecular formula is C17H28N2O. The van der Waals surface area contributed by atoms with E-state index in [4.69, 9.17) is 4.42 Å². The molecule has 0 aromatic carbocycles. The molecule has 3 nitrogen and oxygen atoms in total. The van der Waals surface area contributed by atoms with Crippen molar-refractivity contribution in [2.75, 3.05) is 19.6 Å². The van der Waals surface area contributed by atoms with Crippen LogP contribution in [0.1, 0.15) is 51.2 Å². The van der Waals surface area contributed by atoms with Crippen molar-refractivity contribution in [3.8, 4) is 0 Å². The van der Waals surface area contributed by atoms with Crippen LogP contribution in [0.5, 0.6) is 0 Å². The quantitative estimate of drug-likeness (QED) is 0.915. The van der Waals surface area contributed by atoms with E-state index in [0.29, 0.717) is 11.6 Å². The highest BCUT2D eigenvalue weighted by Crippen LogP contribution is 2.32. The van der Waals surface area contributed by atoms with E-state index in [1.54, 1.807) is 6.26 Å². The highest BCUT2D eigenvalue weighted by atomic mass is 16.3. The molecule has 20 heavy (non-hydrogen) atoms. The lowest BCUT2D eigenvalue weighted by molar-refractivity contribution is 0.0540. The molecule has 1 aromatic heterocycles. The molecule has 3 rings (SSSR count). The van der Waals surface area contributed by atoms with Crippen molar-refractivity contribution in [3.05, 3.63) is 24.2 Å². The summed E-state index contributed by atoms with van der Waals surface area (Å²) in [5, 5.41) is 3.89. The zero-order chi connectivity index (χ0) is 13.8. The van der Waals surface area contributed by atoms with Crippen LogP contribution in [0.2, 0.25) is 0 Å². The molecule has 112 valence electrons. The molecule has 1 spiro atoms. The zero-order valence-electron chi connectivity index (χ0n) is 12.7. The monoisotopic (exact) mass is 276 g/mol. The van der Waals surface area contributed by atoms with Gasteiger partial charge >= 0.3 is 0 Å². The lowest BCUT2D eigenvalue weighted by atomic mass is 9.79. The van der Waals surface area contributed by atoms with Gasteiger partial charge in [-0.2, -0.15) is 0 Å². The molecule has 2 fully saturated rings. The summed E-state index contributed by atoms with van der Waals surface area (Å²) in [6.07, 6.45) is 11.0. The van der Waals surface area contributed by atoms with Gasteiger partial charge in [-0.3, -0.25) is 4.90 Å². The Morgan fingerprint density at radius 1 is 1.35 bits per heavy atom. The van der Waals surface area contributed by atoms with E-state index in [1.165, 1.54) is 45.1 Å². The van der Waals surface area contributed by atoms with Gasteiger partial charge in [-0.25, -0.2) is 0 Å². The van der Waals surface area contributed by atoms with Crippen LogP contribution < -0.4 is 5.32 Å². The molecule has 0 radical (unpaired) electrons. The van der Waals surface area contributed by atoms with Crippen LogP contribution in [0.15, 0.2) is 22.8 Å². The van der Waals surface area contributed by atoms with Gasteiger partial charge in [0, 0.05) is 37.6 Å². The van der Waals surface area contributed by atoms with Gasteiger partial charge in [0.1, 0.15) is 5.76 Å². The molecule has 0 bridgehead atoms. The first-order chi connectivity index (χ1) is 9.81. The van der Waals surface area contributed by atoms with Crippen LogP contribution in [0.4, 0.5) is 0 Å². The Morgan fingerprint density at radius 2 is 2.20 bits per heavy atom. The van der Waals surface area contributed by atoms with Crippen LogP contribution in [-0.4, -0.2) is 36.1 Å². The van der Waals surface area contributed by atoms with E-state index in [-0.39, 0.29) is 0 Å². The highest BCUT2D eigenvalue weighted by molar-refractivity contribution is 5.02. The second kappa shape index (κ2) is 6.31. The smallest absolute Gasteiger partial charge is 0.105 e. The van der Waals surface area contributed by atoms with Crippen LogP contribution in [0, 0.1) is 0 Å². The zero-order valence-corrected chi connectivity index (χ0v) is 12.7. The predicted molar refractivity (Wildman–Crippen MR) is 81.9 cm³/mol. The summed E-state index contributed by atoms with van der Waals surface area (Å²) in [6, 6.07) is 4.78. The van der Waals surface area contributed by atoms with E-state index in [1.807, 2.05) is 6.07 Å². The standard InChI is InChI=1S/C17H28N2O/c1-2-15-13-18-17(9-4-3-5-10-17)14-19(15)11-8-16-7-6-12-20-16/h6-7,12,15,18H,2-5,8-11,13-14H2,1H3. The maximum atomic E-state index is 5.49. The lowest BCUT2D eigenvalue weighted by Crippen LogP contribution is -2.64. The van der Waals surface area contributed by atoms with Gasteiger partial charge in [0.2, 0.25) is 0 Å². The highest BCUT2D eigenvalue weighted by Gasteiger charge is 2.39. The van der Waals surface area contributed by atoms with Crippen molar-refractivity contribution >= 4 is 0 Å². The van der Waals surface area contributed by atoms with E-state index < -0.39 is 0 Å². The number of nitrogens with zero attached hydrogens (tertiary/aromatic N) is 1. The first-order valence-corrected chi connectivity index (χ1v) is 8.33. The third kappa shape index (κ3) is 3.09. The SMILES string of the molecule is CCC1CNC2(CCCCC2)CN1CCc1ccco1. The van der Waals surface area contributed by atoms with Gasteiger partial charge in [0.05, 0.1) is 6.26 Å². The van der Waals surface area contributed by atoms with Gasteiger partial charge in [-0.1, -0.05) is 26.2 Å². The Hall–Kier alpha value is -0.800. The fourth-order valence-electron chi connectivity index (χ4n) is 3.97. The van der Waals surface area contributed by atoms with Crippen molar-refractivity contribution in [2.45, 2.75) is 63.5 Å². The molecule has 1 aliphatic carbocycles. The molecule has 1 atom stereocenters. The van der Waals surface area contributed by atoms with Crippen LogP contribution >= 0.6 is 0 Å². The van der Waals surface area contributed by atoms with E-state index in [0.717, 1.165) is 25.3 Å². The fourth-order valence-corrected chi connectivity index (χ4v) is 3.97. The van der Waals surface area contributed by atoms with Crippen molar-refractivity contribution in [2.24, 2.45) is 0 Å². The van der Waals surface area contributed by atoms with Crippen LogP contribution in [0.3, 0.4) is 0 Å². The molecule has 1 aliphatic heterocycles. The molecular weight excluding hydrogens is 248 g/mol. The average molecular weight is 276 g/mol. The first kappa shape index (κ1) is 14.2. The summed E-state index contributed by atoms with van der Waals surface area (Å²) in [7, 11) is 0.